The van der Waals surface area contributed by atoms with Gasteiger partial charge < -0.3 is 11.1 Å². The Labute approximate surface area is 155 Å². The zero-order chi connectivity index (χ0) is 19.1. The summed E-state index contributed by atoms with van der Waals surface area (Å²) < 4.78 is 0. The average molecular weight is 373 g/mol. The molecule has 0 bridgehead atoms. The number of nitro benzene ring substituents is 1. The van der Waals surface area contributed by atoms with Gasteiger partial charge in [-0.15, -0.1) is 11.8 Å². The van der Waals surface area contributed by atoms with E-state index in [2.05, 4.69) is 5.32 Å². The second kappa shape index (κ2) is 9.00. The largest absolute Gasteiger partial charge is 0.366 e. The summed E-state index contributed by atoms with van der Waals surface area (Å²) in [5.74, 6) is -0.754. The van der Waals surface area contributed by atoms with E-state index in [1.54, 1.807) is 0 Å². The minimum absolute atomic E-state index is 0.0399. The minimum Gasteiger partial charge on any atom is -0.366 e. The van der Waals surface area contributed by atoms with Crippen molar-refractivity contribution in [3.8, 4) is 0 Å². The van der Waals surface area contributed by atoms with E-state index < -0.39 is 10.8 Å². The maximum Gasteiger partial charge on any atom is 0.283 e. The van der Waals surface area contributed by atoms with E-state index in [0.717, 1.165) is 23.4 Å². The normalized spacial score (nSPS) is 11.6. The van der Waals surface area contributed by atoms with Gasteiger partial charge in [0.05, 0.1) is 15.6 Å². The van der Waals surface area contributed by atoms with Crippen molar-refractivity contribution in [1.82, 2.24) is 5.32 Å². The molecule has 1 unspecified atom stereocenters. The van der Waals surface area contributed by atoms with Crippen LogP contribution in [0.1, 0.15) is 28.8 Å². The van der Waals surface area contributed by atoms with Crippen molar-refractivity contribution in [3.63, 3.8) is 0 Å². The van der Waals surface area contributed by atoms with Gasteiger partial charge in [0, 0.05) is 18.2 Å². The Balaban J connectivity index is 1.92. The molecule has 2 amide bonds. The summed E-state index contributed by atoms with van der Waals surface area (Å²) >= 11 is 1.05. The lowest BCUT2D eigenvalue weighted by Gasteiger charge is -2.13. The Morgan fingerprint density at radius 2 is 1.92 bits per heavy atom. The maximum atomic E-state index is 12.0. The van der Waals surface area contributed by atoms with Crippen LogP contribution in [0.15, 0.2) is 53.4 Å². The van der Waals surface area contributed by atoms with Crippen LogP contribution in [-0.4, -0.2) is 29.0 Å². The van der Waals surface area contributed by atoms with Crippen LogP contribution in [-0.2, 0) is 4.79 Å². The molecular formula is C18H19N3O4S. The molecule has 0 aliphatic carbocycles. The maximum absolute atomic E-state index is 12.0. The van der Waals surface area contributed by atoms with Crippen LogP contribution in [0.2, 0.25) is 0 Å². The standard InChI is InChI=1S/C18H19N3O4S/c1-12(13-5-3-2-4-6-13)10-20-17(22)11-26-16-8-7-14(18(19)23)9-15(16)21(24)25/h2-9,12H,10-11H2,1H3,(H2,19,23)(H,20,22). The van der Waals surface area contributed by atoms with Crippen molar-refractivity contribution in [1.29, 1.82) is 0 Å². The molecule has 0 aliphatic heterocycles. The van der Waals surface area contributed by atoms with Gasteiger partial charge in [-0.25, -0.2) is 0 Å². The monoisotopic (exact) mass is 373 g/mol. The molecule has 26 heavy (non-hydrogen) atoms. The molecule has 2 aromatic carbocycles. The molecule has 0 spiro atoms. The highest BCUT2D eigenvalue weighted by atomic mass is 32.2. The number of carbonyl (C=O) groups excluding carboxylic acids is 2. The third kappa shape index (κ3) is 5.32. The number of carbonyl (C=O) groups is 2. The summed E-state index contributed by atoms with van der Waals surface area (Å²) in [6, 6.07) is 13.8. The number of rotatable bonds is 8. The Kier molecular flexibility index (Phi) is 6.74. The predicted octanol–water partition coefficient (Wildman–Crippen LogP) is 2.71. The Hall–Kier alpha value is -2.87. The summed E-state index contributed by atoms with van der Waals surface area (Å²) in [7, 11) is 0. The summed E-state index contributed by atoms with van der Waals surface area (Å²) in [6.45, 7) is 2.49. The molecule has 0 radical (unpaired) electrons. The molecule has 136 valence electrons. The van der Waals surface area contributed by atoms with Crippen LogP contribution < -0.4 is 11.1 Å². The minimum atomic E-state index is -0.739. The van der Waals surface area contributed by atoms with Crippen LogP contribution >= 0.6 is 11.8 Å². The number of primary amides is 1. The average Bonchev–Trinajstić information content (AvgIpc) is 2.64. The lowest BCUT2D eigenvalue weighted by molar-refractivity contribution is -0.387. The van der Waals surface area contributed by atoms with Crippen LogP contribution in [0.4, 0.5) is 5.69 Å². The fourth-order valence-electron chi connectivity index (χ4n) is 2.30. The first kappa shape index (κ1) is 19.5. The molecule has 7 nitrogen and oxygen atoms in total. The number of nitrogens with two attached hydrogens (primary N) is 1. The van der Waals surface area contributed by atoms with Gasteiger partial charge in [0.1, 0.15) is 0 Å². The molecular weight excluding hydrogens is 354 g/mol. The highest BCUT2D eigenvalue weighted by molar-refractivity contribution is 8.00. The molecule has 2 aromatic rings. The van der Waals surface area contributed by atoms with Crippen molar-refractivity contribution >= 4 is 29.3 Å². The molecule has 0 heterocycles. The third-order valence-electron chi connectivity index (χ3n) is 3.77. The smallest absolute Gasteiger partial charge is 0.283 e. The molecule has 1 atom stereocenters. The van der Waals surface area contributed by atoms with Crippen molar-refractivity contribution < 1.29 is 14.5 Å². The molecule has 8 heteroatoms. The van der Waals surface area contributed by atoms with Gasteiger partial charge in [0.2, 0.25) is 11.8 Å². The van der Waals surface area contributed by atoms with E-state index in [0.29, 0.717) is 11.4 Å². The first-order valence-electron chi connectivity index (χ1n) is 7.91. The molecule has 0 aliphatic rings. The number of nitro groups is 1. The van der Waals surface area contributed by atoms with Gasteiger partial charge >= 0.3 is 0 Å². The zero-order valence-corrected chi connectivity index (χ0v) is 15.0. The molecule has 3 N–H and O–H groups in total. The first-order chi connectivity index (χ1) is 12.4. The first-order valence-corrected chi connectivity index (χ1v) is 8.89. The summed E-state index contributed by atoms with van der Waals surface area (Å²) in [5.41, 5.74) is 6.08. The number of hydrogen-bond donors (Lipinski definition) is 2. The fourth-order valence-corrected chi connectivity index (χ4v) is 3.13. The van der Waals surface area contributed by atoms with Gasteiger partial charge in [-0.05, 0) is 23.6 Å². The number of benzene rings is 2. The fraction of sp³-hybridized carbons (Fsp3) is 0.222. The predicted molar refractivity (Wildman–Crippen MR) is 100 cm³/mol. The van der Waals surface area contributed by atoms with Crippen LogP contribution in [0.3, 0.4) is 0 Å². The Bertz CT molecular complexity index is 811. The van der Waals surface area contributed by atoms with Crippen LogP contribution in [0.5, 0.6) is 0 Å². The zero-order valence-electron chi connectivity index (χ0n) is 14.2. The summed E-state index contributed by atoms with van der Waals surface area (Å²) in [6.07, 6.45) is 0. The second-order valence-corrected chi connectivity index (χ2v) is 6.73. The highest BCUT2D eigenvalue weighted by Gasteiger charge is 2.18. The Morgan fingerprint density at radius 1 is 1.23 bits per heavy atom. The number of amides is 2. The van der Waals surface area contributed by atoms with Crippen molar-refractivity contribution in [3.05, 3.63) is 69.8 Å². The second-order valence-electron chi connectivity index (χ2n) is 5.71. The quantitative estimate of drug-likeness (QED) is 0.419. The van der Waals surface area contributed by atoms with E-state index in [1.165, 1.54) is 12.1 Å². The van der Waals surface area contributed by atoms with Gasteiger partial charge in [0.25, 0.3) is 5.69 Å². The van der Waals surface area contributed by atoms with Crippen molar-refractivity contribution in [2.75, 3.05) is 12.3 Å². The highest BCUT2D eigenvalue weighted by Crippen LogP contribution is 2.30. The lowest BCUT2D eigenvalue weighted by atomic mass is 10.0. The third-order valence-corrected chi connectivity index (χ3v) is 4.84. The topological polar surface area (TPSA) is 115 Å². The lowest BCUT2D eigenvalue weighted by Crippen LogP contribution is -2.29. The van der Waals surface area contributed by atoms with Crippen molar-refractivity contribution in [2.24, 2.45) is 5.73 Å². The van der Waals surface area contributed by atoms with Crippen molar-refractivity contribution in [2.45, 2.75) is 17.7 Å². The molecule has 2 rings (SSSR count). The Morgan fingerprint density at radius 3 is 2.54 bits per heavy atom. The number of thioether (sulfide) groups is 1. The van der Waals surface area contributed by atoms with E-state index in [4.69, 9.17) is 5.73 Å². The number of nitrogens with zero attached hydrogens (tertiary/aromatic N) is 1. The molecule has 0 fully saturated rings. The summed E-state index contributed by atoms with van der Waals surface area (Å²) in [4.78, 5) is 34.1. The summed E-state index contributed by atoms with van der Waals surface area (Å²) in [5, 5.41) is 14.0. The molecule has 0 saturated heterocycles. The van der Waals surface area contributed by atoms with Gasteiger partial charge in [-0.1, -0.05) is 37.3 Å². The van der Waals surface area contributed by atoms with Crippen LogP contribution in [0.25, 0.3) is 0 Å². The van der Waals surface area contributed by atoms with Gasteiger partial charge in [-0.2, -0.15) is 0 Å². The van der Waals surface area contributed by atoms with E-state index in [1.807, 2.05) is 37.3 Å². The SMILES string of the molecule is CC(CNC(=O)CSc1ccc(C(N)=O)cc1[N+](=O)[O-])c1ccccc1. The number of hydrogen-bond acceptors (Lipinski definition) is 5. The molecule has 0 aromatic heterocycles. The van der Waals surface area contributed by atoms with Gasteiger partial charge in [-0.3, -0.25) is 19.7 Å². The molecule has 0 saturated carbocycles. The van der Waals surface area contributed by atoms with E-state index in [-0.39, 0.29) is 28.8 Å². The van der Waals surface area contributed by atoms with E-state index in [9.17, 15) is 19.7 Å². The van der Waals surface area contributed by atoms with E-state index >= 15 is 0 Å². The number of nitrogens with one attached hydrogen (secondary N) is 1. The van der Waals surface area contributed by atoms with Crippen LogP contribution in [0, 0.1) is 10.1 Å². The van der Waals surface area contributed by atoms with Gasteiger partial charge in [0.15, 0.2) is 0 Å².